The Balaban J connectivity index is 2.73. The van der Waals surface area contributed by atoms with E-state index in [4.69, 9.17) is 0 Å². The molecule has 0 aromatic carbocycles. The van der Waals surface area contributed by atoms with Gasteiger partial charge in [0.2, 0.25) is 0 Å². The molecule has 1 nitrogen and oxygen atoms in total. The third-order valence-electron chi connectivity index (χ3n) is 2.21. The highest BCUT2D eigenvalue weighted by atomic mass is 79.9. The Bertz CT molecular complexity index is 270. The monoisotopic (exact) mass is 275 g/mol. The maximum atomic E-state index is 3.60. The number of rotatable bonds is 5. The van der Waals surface area contributed by atoms with Crippen LogP contribution in [0.15, 0.2) is 15.9 Å². The van der Waals surface area contributed by atoms with Gasteiger partial charge in [0.15, 0.2) is 0 Å². The highest BCUT2D eigenvalue weighted by molar-refractivity contribution is 9.10. The fourth-order valence-electron chi connectivity index (χ4n) is 1.46. The Hall–Kier alpha value is 0.140. The summed E-state index contributed by atoms with van der Waals surface area (Å²) in [6.45, 7) is 7.82. The van der Waals surface area contributed by atoms with Gasteiger partial charge in [-0.15, -0.1) is 11.3 Å². The summed E-state index contributed by atoms with van der Waals surface area (Å²) in [5.74, 6) is 0.636. The summed E-state index contributed by atoms with van der Waals surface area (Å²) in [7, 11) is 0. The predicted octanol–water partition coefficient (Wildman–Crippen LogP) is 4.21. The molecule has 1 atom stereocenters. The van der Waals surface area contributed by atoms with E-state index in [1.165, 1.54) is 15.8 Å². The number of thiophene rings is 1. The summed E-state index contributed by atoms with van der Waals surface area (Å²) in [4.78, 5) is 1.42. The van der Waals surface area contributed by atoms with E-state index in [9.17, 15) is 0 Å². The molecule has 1 N–H and O–H groups in total. The average molecular weight is 276 g/mol. The average Bonchev–Trinajstić information content (AvgIpc) is 2.52. The van der Waals surface area contributed by atoms with E-state index in [2.05, 4.69) is 53.5 Å². The lowest BCUT2D eigenvalue weighted by atomic mass is 10.0. The van der Waals surface area contributed by atoms with Crippen LogP contribution in [0.25, 0.3) is 0 Å². The Morgan fingerprint density at radius 1 is 1.50 bits per heavy atom. The molecule has 1 heterocycles. The first kappa shape index (κ1) is 12.2. The van der Waals surface area contributed by atoms with E-state index < -0.39 is 0 Å². The zero-order valence-electron chi connectivity index (χ0n) is 9.01. The van der Waals surface area contributed by atoms with Crippen molar-refractivity contribution >= 4 is 27.3 Å². The minimum absolute atomic E-state index is 0.490. The minimum Gasteiger partial charge on any atom is -0.309 e. The van der Waals surface area contributed by atoms with E-state index in [1.54, 1.807) is 0 Å². The van der Waals surface area contributed by atoms with Crippen molar-refractivity contribution in [2.75, 3.05) is 6.54 Å². The van der Waals surface area contributed by atoms with Gasteiger partial charge in [0.1, 0.15) is 0 Å². The summed E-state index contributed by atoms with van der Waals surface area (Å²) in [5.41, 5.74) is 0. The first-order chi connectivity index (χ1) is 6.66. The van der Waals surface area contributed by atoms with Crippen LogP contribution >= 0.6 is 27.3 Å². The lowest BCUT2D eigenvalue weighted by Gasteiger charge is -2.21. The standard InChI is InChI=1S/C11H18BrNS/c1-4-6-13-10(8(2)3)11-9(12)5-7-14-11/h5,7-8,10,13H,4,6H2,1-3H3. The third kappa shape index (κ3) is 3.07. The number of hydrogen-bond acceptors (Lipinski definition) is 2. The van der Waals surface area contributed by atoms with Gasteiger partial charge in [0, 0.05) is 15.4 Å². The van der Waals surface area contributed by atoms with E-state index in [-0.39, 0.29) is 0 Å². The third-order valence-corrected chi connectivity index (χ3v) is 4.16. The zero-order valence-corrected chi connectivity index (χ0v) is 11.4. The Labute approximate surface area is 99.0 Å². The molecule has 0 aliphatic heterocycles. The van der Waals surface area contributed by atoms with Crippen LogP contribution in [-0.2, 0) is 0 Å². The molecule has 0 amide bonds. The molecule has 3 heteroatoms. The van der Waals surface area contributed by atoms with Gasteiger partial charge < -0.3 is 5.32 Å². The van der Waals surface area contributed by atoms with Crippen molar-refractivity contribution < 1.29 is 0 Å². The second kappa shape index (κ2) is 5.89. The summed E-state index contributed by atoms with van der Waals surface area (Å²) in [6, 6.07) is 2.62. The molecule has 1 rings (SSSR count). The molecular formula is C11H18BrNS. The van der Waals surface area contributed by atoms with Gasteiger partial charge in [-0.2, -0.15) is 0 Å². The predicted molar refractivity (Wildman–Crippen MR) is 67.9 cm³/mol. The van der Waals surface area contributed by atoms with Crippen LogP contribution in [0.1, 0.15) is 38.1 Å². The van der Waals surface area contributed by atoms with Crippen LogP contribution in [0.5, 0.6) is 0 Å². The molecule has 1 aromatic heterocycles. The summed E-state index contributed by atoms with van der Waals surface area (Å²) >= 11 is 5.42. The van der Waals surface area contributed by atoms with Gasteiger partial charge in [-0.05, 0) is 46.3 Å². The van der Waals surface area contributed by atoms with Gasteiger partial charge in [-0.1, -0.05) is 20.8 Å². The largest absolute Gasteiger partial charge is 0.309 e. The number of nitrogens with one attached hydrogen (secondary N) is 1. The molecule has 0 aliphatic rings. The van der Waals surface area contributed by atoms with E-state index in [1.807, 2.05) is 11.3 Å². The molecule has 80 valence electrons. The van der Waals surface area contributed by atoms with Gasteiger partial charge in [-0.3, -0.25) is 0 Å². The zero-order chi connectivity index (χ0) is 10.6. The Kier molecular flexibility index (Phi) is 5.13. The second-order valence-electron chi connectivity index (χ2n) is 3.81. The van der Waals surface area contributed by atoms with Crippen LogP contribution in [0.2, 0.25) is 0 Å². The molecule has 0 saturated carbocycles. The van der Waals surface area contributed by atoms with E-state index in [0.29, 0.717) is 12.0 Å². The van der Waals surface area contributed by atoms with Crippen molar-refractivity contribution in [2.24, 2.45) is 5.92 Å². The lowest BCUT2D eigenvalue weighted by molar-refractivity contribution is 0.417. The van der Waals surface area contributed by atoms with Crippen LogP contribution in [-0.4, -0.2) is 6.54 Å². The van der Waals surface area contributed by atoms with Gasteiger partial charge >= 0.3 is 0 Å². The molecule has 0 radical (unpaired) electrons. The molecule has 0 bridgehead atoms. The quantitative estimate of drug-likeness (QED) is 0.849. The summed E-state index contributed by atoms with van der Waals surface area (Å²) in [5, 5.41) is 5.73. The summed E-state index contributed by atoms with van der Waals surface area (Å²) < 4.78 is 1.24. The van der Waals surface area contributed by atoms with Gasteiger partial charge in [-0.25, -0.2) is 0 Å². The number of hydrogen-bond donors (Lipinski definition) is 1. The molecule has 0 aliphatic carbocycles. The Morgan fingerprint density at radius 2 is 2.21 bits per heavy atom. The lowest BCUT2D eigenvalue weighted by Crippen LogP contribution is -2.25. The first-order valence-electron chi connectivity index (χ1n) is 5.13. The van der Waals surface area contributed by atoms with Crippen LogP contribution in [0, 0.1) is 5.92 Å². The number of halogens is 1. The molecule has 1 unspecified atom stereocenters. The van der Waals surface area contributed by atoms with Crippen LogP contribution in [0.4, 0.5) is 0 Å². The SMILES string of the molecule is CCCNC(c1sccc1Br)C(C)C. The van der Waals surface area contributed by atoms with Gasteiger partial charge in [0.25, 0.3) is 0 Å². The maximum absolute atomic E-state index is 3.60. The molecule has 0 fully saturated rings. The maximum Gasteiger partial charge on any atom is 0.0449 e. The molecule has 1 aromatic rings. The van der Waals surface area contributed by atoms with Crippen molar-refractivity contribution in [3.63, 3.8) is 0 Å². The van der Waals surface area contributed by atoms with E-state index in [0.717, 1.165) is 6.54 Å². The van der Waals surface area contributed by atoms with Crippen LogP contribution < -0.4 is 5.32 Å². The normalized spacial score (nSPS) is 13.5. The fourth-order valence-corrected chi connectivity index (χ4v) is 3.33. The van der Waals surface area contributed by atoms with Crippen molar-refractivity contribution in [1.82, 2.24) is 5.32 Å². The minimum atomic E-state index is 0.490. The first-order valence-corrected chi connectivity index (χ1v) is 6.80. The molecular weight excluding hydrogens is 258 g/mol. The molecule has 0 spiro atoms. The highest BCUT2D eigenvalue weighted by Crippen LogP contribution is 2.32. The smallest absolute Gasteiger partial charge is 0.0449 e. The topological polar surface area (TPSA) is 12.0 Å². The highest BCUT2D eigenvalue weighted by Gasteiger charge is 2.18. The Morgan fingerprint density at radius 3 is 2.64 bits per heavy atom. The van der Waals surface area contributed by atoms with Crippen LogP contribution in [0.3, 0.4) is 0 Å². The van der Waals surface area contributed by atoms with Crippen molar-refractivity contribution in [2.45, 2.75) is 33.2 Å². The van der Waals surface area contributed by atoms with Crippen molar-refractivity contribution in [3.8, 4) is 0 Å². The molecule has 14 heavy (non-hydrogen) atoms. The molecule has 0 saturated heterocycles. The fraction of sp³-hybridized carbons (Fsp3) is 0.636. The second-order valence-corrected chi connectivity index (χ2v) is 5.61. The van der Waals surface area contributed by atoms with E-state index >= 15 is 0 Å². The summed E-state index contributed by atoms with van der Waals surface area (Å²) in [6.07, 6.45) is 1.19. The van der Waals surface area contributed by atoms with Crippen molar-refractivity contribution in [1.29, 1.82) is 0 Å². The van der Waals surface area contributed by atoms with Crippen molar-refractivity contribution in [3.05, 3.63) is 20.8 Å². The van der Waals surface area contributed by atoms with Gasteiger partial charge in [0.05, 0.1) is 0 Å².